The molecule has 4 heteroatoms. The molecule has 1 heterocycles. The molecule has 0 spiro atoms. The molecule has 0 fully saturated rings. The third-order valence-electron chi connectivity index (χ3n) is 2.81. The first-order valence-electron chi connectivity index (χ1n) is 5.76. The van der Waals surface area contributed by atoms with Crippen LogP contribution < -0.4 is 0 Å². The lowest BCUT2D eigenvalue weighted by Crippen LogP contribution is -1.95. The van der Waals surface area contributed by atoms with Crippen LogP contribution in [-0.4, -0.2) is 16.1 Å². The standard InChI is InChI=1S/C13H15NO3/c1-3-5-8(2)12-14-10-7-4-6-9(13(15)16)11(10)17-12/h4,6-8H,3,5H2,1-2H3,(H,15,16). The van der Waals surface area contributed by atoms with Crippen LogP contribution in [0.5, 0.6) is 0 Å². The lowest BCUT2D eigenvalue weighted by Gasteiger charge is -2.03. The van der Waals surface area contributed by atoms with Crippen molar-refractivity contribution in [3.05, 3.63) is 29.7 Å². The molecule has 0 amide bonds. The van der Waals surface area contributed by atoms with Crippen molar-refractivity contribution >= 4 is 17.1 Å². The van der Waals surface area contributed by atoms with E-state index in [1.807, 2.05) is 6.92 Å². The summed E-state index contributed by atoms with van der Waals surface area (Å²) in [6.45, 7) is 4.14. The number of hydrogen-bond acceptors (Lipinski definition) is 3. The van der Waals surface area contributed by atoms with E-state index in [1.165, 1.54) is 6.07 Å². The molecule has 1 unspecified atom stereocenters. The molecule has 90 valence electrons. The molecule has 1 N–H and O–H groups in total. The Balaban J connectivity index is 2.50. The summed E-state index contributed by atoms with van der Waals surface area (Å²) in [5.74, 6) is -0.147. The number of carboxylic acid groups (broad SMARTS) is 1. The molecular formula is C13H15NO3. The molecule has 4 nitrogen and oxygen atoms in total. The van der Waals surface area contributed by atoms with Gasteiger partial charge in [0.25, 0.3) is 0 Å². The second-order valence-corrected chi connectivity index (χ2v) is 4.20. The van der Waals surface area contributed by atoms with Crippen LogP contribution in [-0.2, 0) is 0 Å². The van der Waals surface area contributed by atoms with Gasteiger partial charge in [0, 0.05) is 5.92 Å². The van der Waals surface area contributed by atoms with Crippen molar-refractivity contribution in [3.63, 3.8) is 0 Å². The van der Waals surface area contributed by atoms with E-state index in [4.69, 9.17) is 9.52 Å². The van der Waals surface area contributed by atoms with Gasteiger partial charge in [0.2, 0.25) is 0 Å². The van der Waals surface area contributed by atoms with Gasteiger partial charge in [-0.25, -0.2) is 9.78 Å². The van der Waals surface area contributed by atoms with Gasteiger partial charge >= 0.3 is 5.97 Å². The minimum absolute atomic E-state index is 0.171. The number of aromatic nitrogens is 1. The Morgan fingerprint density at radius 2 is 2.29 bits per heavy atom. The average molecular weight is 233 g/mol. The van der Waals surface area contributed by atoms with E-state index in [0.717, 1.165) is 12.8 Å². The van der Waals surface area contributed by atoms with E-state index < -0.39 is 5.97 Å². The first kappa shape index (κ1) is 11.6. The molecule has 2 aromatic rings. The lowest BCUT2D eigenvalue weighted by atomic mass is 10.1. The van der Waals surface area contributed by atoms with Crippen molar-refractivity contribution < 1.29 is 14.3 Å². The summed E-state index contributed by atoms with van der Waals surface area (Å²) in [5.41, 5.74) is 1.16. The Morgan fingerprint density at radius 3 is 2.94 bits per heavy atom. The Morgan fingerprint density at radius 1 is 1.53 bits per heavy atom. The normalized spacial score (nSPS) is 12.8. The average Bonchev–Trinajstić information content (AvgIpc) is 2.72. The molecule has 0 saturated carbocycles. The summed E-state index contributed by atoms with van der Waals surface area (Å²) < 4.78 is 5.58. The van der Waals surface area contributed by atoms with Crippen molar-refractivity contribution in [2.45, 2.75) is 32.6 Å². The van der Waals surface area contributed by atoms with Gasteiger partial charge in [0.15, 0.2) is 11.5 Å². The molecule has 2 rings (SSSR count). The van der Waals surface area contributed by atoms with E-state index >= 15 is 0 Å². The van der Waals surface area contributed by atoms with Crippen LogP contribution >= 0.6 is 0 Å². The summed E-state index contributed by atoms with van der Waals surface area (Å²) >= 11 is 0. The summed E-state index contributed by atoms with van der Waals surface area (Å²) in [6.07, 6.45) is 2.03. The second kappa shape index (κ2) is 4.57. The number of rotatable bonds is 4. The molecule has 0 saturated heterocycles. The van der Waals surface area contributed by atoms with Gasteiger partial charge in [0.1, 0.15) is 11.1 Å². The highest BCUT2D eigenvalue weighted by atomic mass is 16.4. The minimum atomic E-state index is -0.985. The molecule has 1 aromatic carbocycles. The largest absolute Gasteiger partial charge is 0.478 e. The topological polar surface area (TPSA) is 63.3 Å². The predicted octanol–water partition coefficient (Wildman–Crippen LogP) is 3.43. The highest BCUT2D eigenvalue weighted by molar-refractivity contribution is 5.99. The smallest absolute Gasteiger partial charge is 0.339 e. The van der Waals surface area contributed by atoms with E-state index in [-0.39, 0.29) is 11.5 Å². The SMILES string of the molecule is CCCC(C)c1nc2cccc(C(=O)O)c2o1. The molecule has 0 radical (unpaired) electrons. The number of para-hydroxylation sites is 1. The van der Waals surface area contributed by atoms with E-state index in [0.29, 0.717) is 17.0 Å². The Hall–Kier alpha value is -1.84. The summed E-state index contributed by atoms with van der Waals surface area (Å²) in [7, 11) is 0. The van der Waals surface area contributed by atoms with Gasteiger partial charge in [0.05, 0.1) is 0 Å². The summed E-state index contributed by atoms with van der Waals surface area (Å²) in [4.78, 5) is 15.4. The first-order valence-corrected chi connectivity index (χ1v) is 5.76. The number of benzene rings is 1. The van der Waals surface area contributed by atoms with Crippen LogP contribution in [0.15, 0.2) is 22.6 Å². The molecule has 0 aliphatic heterocycles. The zero-order valence-corrected chi connectivity index (χ0v) is 9.93. The summed E-state index contributed by atoms with van der Waals surface area (Å²) in [5, 5.41) is 9.05. The number of aromatic carboxylic acids is 1. The Bertz CT molecular complexity index is 545. The number of fused-ring (bicyclic) bond motifs is 1. The van der Waals surface area contributed by atoms with Gasteiger partial charge in [-0.2, -0.15) is 0 Å². The van der Waals surface area contributed by atoms with Crippen LogP contribution in [0, 0.1) is 0 Å². The second-order valence-electron chi connectivity index (χ2n) is 4.20. The maximum absolute atomic E-state index is 11.0. The highest BCUT2D eigenvalue weighted by Gasteiger charge is 2.17. The lowest BCUT2D eigenvalue weighted by molar-refractivity contribution is 0.0698. The van der Waals surface area contributed by atoms with Gasteiger partial charge in [-0.15, -0.1) is 0 Å². The Kier molecular flexibility index (Phi) is 3.13. The predicted molar refractivity (Wildman–Crippen MR) is 64.3 cm³/mol. The molecule has 1 atom stereocenters. The molecule has 1 aromatic heterocycles. The fraction of sp³-hybridized carbons (Fsp3) is 0.385. The van der Waals surface area contributed by atoms with Gasteiger partial charge in [-0.1, -0.05) is 26.3 Å². The maximum Gasteiger partial charge on any atom is 0.339 e. The molecule has 0 aliphatic rings. The minimum Gasteiger partial charge on any atom is -0.478 e. The van der Waals surface area contributed by atoms with Crippen LogP contribution in [0.2, 0.25) is 0 Å². The van der Waals surface area contributed by atoms with Crippen LogP contribution in [0.4, 0.5) is 0 Å². The monoisotopic (exact) mass is 233 g/mol. The number of oxazole rings is 1. The van der Waals surface area contributed by atoms with Crippen molar-refractivity contribution in [1.82, 2.24) is 4.98 Å². The third-order valence-corrected chi connectivity index (χ3v) is 2.81. The number of nitrogens with zero attached hydrogens (tertiary/aromatic N) is 1. The van der Waals surface area contributed by atoms with Crippen molar-refractivity contribution in [3.8, 4) is 0 Å². The van der Waals surface area contributed by atoms with Gasteiger partial charge < -0.3 is 9.52 Å². The molecule has 17 heavy (non-hydrogen) atoms. The fourth-order valence-corrected chi connectivity index (χ4v) is 1.90. The van der Waals surface area contributed by atoms with Gasteiger partial charge in [-0.3, -0.25) is 0 Å². The molecule has 0 aliphatic carbocycles. The Labute approximate surface area is 99.3 Å². The summed E-state index contributed by atoms with van der Waals surface area (Å²) in [6, 6.07) is 4.99. The maximum atomic E-state index is 11.0. The van der Waals surface area contributed by atoms with E-state index in [1.54, 1.807) is 12.1 Å². The van der Waals surface area contributed by atoms with E-state index in [2.05, 4.69) is 11.9 Å². The first-order chi connectivity index (χ1) is 8.13. The molecule has 0 bridgehead atoms. The van der Waals surface area contributed by atoms with Crippen LogP contribution in [0.1, 0.15) is 48.9 Å². The quantitative estimate of drug-likeness (QED) is 0.878. The van der Waals surface area contributed by atoms with Crippen molar-refractivity contribution in [1.29, 1.82) is 0 Å². The molecular weight excluding hydrogens is 218 g/mol. The van der Waals surface area contributed by atoms with E-state index in [9.17, 15) is 4.79 Å². The van der Waals surface area contributed by atoms with Crippen LogP contribution in [0.3, 0.4) is 0 Å². The van der Waals surface area contributed by atoms with Crippen molar-refractivity contribution in [2.24, 2.45) is 0 Å². The third kappa shape index (κ3) is 2.16. The zero-order valence-electron chi connectivity index (χ0n) is 9.93. The van der Waals surface area contributed by atoms with Gasteiger partial charge in [-0.05, 0) is 18.6 Å². The fourth-order valence-electron chi connectivity index (χ4n) is 1.90. The zero-order chi connectivity index (χ0) is 12.4. The number of carbonyl (C=O) groups is 1. The number of hydrogen-bond donors (Lipinski definition) is 1. The number of carboxylic acids is 1. The van der Waals surface area contributed by atoms with Crippen LogP contribution in [0.25, 0.3) is 11.1 Å². The highest BCUT2D eigenvalue weighted by Crippen LogP contribution is 2.26. The van der Waals surface area contributed by atoms with Crippen molar-refractivity contribution in [2.75, 3.05) is 0 Å².